The van der Waals surface area contributed by atoms with Crippen LogP contribution in [0.25, 0.3) is 0 Å². The molecule has 0 fully saturated rings. The zero-order chi connectivity index (χ0) is 17.9. The van der Waals surface area contributed by atoms with Gasteiger partial charge in [0.25, 0.3) is 5.69 Å². The van der Waals surface area contributed by atoms with E-state index in [0.29, 0.717) is 6.20 Å². The largest absolute Gasteiger partial charge is 0.506 e. The normalized spacial score (nSPS) is 11.7. The number of nitrogens with one attached hydrogen (secondary N) is 1. The number of hydrogen-bond donors (Lipinski definition) is 2. The van der Waals surface area contributed by atoms with Crippen LogP contribution in [0.5, 0.6) is 5.75 Å². The summed E-state index contributed by atoms with van der Waals surface area (Å²) in [6, 6.07) is 4.11. The molecule has 126 valence electrons. The van der Waals surface area contributed by atoms with E-state index in [0.717, 1.165) is 30.5 Å². The van der Waals surface area contributed by atoms with E-state index in [2.05, 4.69) is 31.4 Å². The molecule has 2 rings (SSSR count). The number of benzene rings is 1. The van der Waals surface area contributed by atoms with Crippen LogP contribution in [0.15, 0.2) is 40.0 Å². The van der Waals surface area contributed by atoms with E-state index in [1.807, 2.05) is 0 Å². The molecule has 0 radical (unpaired) electrons. The summed E-state index contributed by atoms with van der Waals surface area (Å²) in [7, 11) is 0. The number of phenols is 1. The average Bonchev–Trinajstić information content (AvgIpc) is 2.50. The van der Waals surface area contributed by atoms with Gasteiger partial charge < -0.3 is 5.11 Å². The highest BCUT2D eigenvalue weighted by Crippen LogP contribution is 2.31. The van der Waals surface area contributed by atoms with E-state index in [9.17, 15) is 28.4 Å². The van der Waals surface area contributed by atoms with Gasteiger partial charge in [-0.3, -0.25) is 15.5 Å². The number of phenolic OH excluding ortho intramolecular Hbond substituents is 1. The standard InChI is InChI=1S/C13H8BrF3N4O3/c14-10-4-9(21(23)24)3-7(12(10)22)5-19-20-11-2-1-8(6-18-11)13(15,16)17/h1-6,22H,(H,18,20)/b19-5-. The Labute approximate surface area is 141 Å². The maximum atomic E-state index is 12.4. The van der Waals surface area contributed by atoms with Crippen LogP contribution in [0, 0.1) is 10.1 Å². The Kier molecular flexibility index (Phi) is 5.02. The fourth-order valence-corrected chi connectivity index (χ4v) is 2.07. The highest BCUT2D eigenvalue weighted by molar-refractivity contribution is 9.10. The second-order valence-electron chi connectivity index (χ2n) is 4.42. The van der Waals surface area contributed by atoms with Crippen molar-refractivity contribution < 1.29 is 23.2 Å². The fraction of sp³-hybridized carbons (Fsp3) is 0.0769. The Balaban J connectivity index is 2.16. The summed E-state index contributed by atoms with van der Waals surface area (Å²) in [5.74, 6) is -0.241. The molecule has 0 aliphatic heterocycles. The summed E-state index contributed by atoms with van der Waals surface area (Å²) >= 11 is 2.97. The maximum Gasteiger partial charge on any atom is 0.417 e. The molecule has 0 aliphatic carbocycles. The van der Waals surface area contributed by atoms with Crippen molar-refractivity contribution in [3.63, 3.8) is 0 Å². The summed E-state index contributed by atoms with van der Waals surface area (Å²) in [6.45, 7) is 0. The van der Waals surface area contributed by atoms with Gasteiger partial charge in [0.1, 0.15) is 11.6 Å². The molecule has 2 aromatic rings. The molecule has 0 spiro atoms. The van der Waals surface area contributed by atoms with Crippen LogP contribution >= 0.6 is 15.9 Å². The second-order valence-corrected chi connectivity index (χ2v) is 5.28. The Morgan fingerprint density at radius 1 is 1.38 bits per heavy atom. The first-order chi connectivity index (χ1) is 11.2. The maximum absolute atomic E-state index is 12.4. The zero-order valence-electron chi connectivity index (χ0n) is 11.6. The number of alkyl halides is 3. The Hall–Kier alpha value is -2.69. The number of nitro groups is 1. The van der Waals surface area contributed by atoms with Crippen molar-refractivity contribution in [3.05, 3.63) is 56.2 Å². The molecule has 1 aromatic carbocycles. The minimum Gasteiger partial charge on any atom is -0.506 e. The van der Waals surface area contributed by atoms with Gasteiger partial charge in [0.15, 0.2) is 0 Å². The number of pyridine rings is 1. The summed E-state index contributed by atoms with van der Waals surface area (Å²) in [5.41, 5.74) is 1.22. The van der Waals surface area contributed by atoms with Crippen LogP contribution in [-0.4, -0.2) is 21.2 Å². The highest BCUT2D eigenvalue weighted by atomic mass is 79.9. The highest BCUT2D eigenvalue weighted by Gasteiger charge is 2.30. The molecular formula is C13H8BrF3N4O3. The van der Waals surface area contributed by atoms with Gasteiger partial charge in [-0.2, -0.15) is 18.3 Å². The van der Waals surface area contributed by atoms with E-state index >= 15 is 0 Å². The van der Waals surface area contributed by atoms with Gasteiger partial charge in [0, 0.05) is 23.9 Å². The van der Waals surface area contributed by atoms with Crippen molar-refractivity contribution in [2.45, 2.75) is 6.18 Å². The molecule has 11 heteroatoms. The number of aromatic nitrogens is 1. The Morgan fingerprint density at radius 2 is 2.08 bits per heavy atom. The van der Waals surface area contributed by atoms with Gasteiger partial charge in [0.2, 0.25) is 0 Å². The summed E-state index contributed by atoms with van der Waals surface area (Å²) in [6.07, 6.45) is -2.78. The topological polar surface area (TPSA) is 101 Å². The van der Waals surface area contributed by atoms with E-state index in [-0.39, 0.29) is 27.3 Å². The van der Waals surface area contributed by atoms with Gasteiger partial charge >= 0.3 is 6.18 Å². The molecule has 1 heterocycles. The Morgan fingerprint density at radius 3 is 2.62 bits per heavy atom. The fourth-order valence-electron chi connectivity index (χ4n) is 1.60. The number of nitro benzene ring substituents is 1. The minimum atomic E-state index is -4.49. The van der Waals surface area contributed by atoms with E-state index in [1.165, 1.54) is 0 Å². The third kappa shape index (κ3) is 4.19. The first-order valence-corrected chi connectivity index (χ1v) is 6.97. The van der Waals surface area contributed by atoms with Gasteiger partial charge in [-0.15, -0.1) is 0 Å². The monoisotopic (exact) mass is 404 g/mol. The summed E-state index contributed by atoms with van der Waals surface area (Å²) in [5, 5.41) is 24.2. The first kappa shape index (κ1) is 17.7. The van der Waals surface area contributed by atoms with Crippen LogP contribution in [0.2, 0.25) is 0 Å². The van der Waals surface area contributed by atoms with E-state index in [4.69, 9.17) is 0 Å². The molecule has 0 bridgehead atoms. The lowest BCUT2D eigenvalue weighted by Crippen LogP contribution is -2.05. The van der Waals surface area contributed by atoms with Crippen molar-refractivity contribution in [1.29, 1.82) is 0 Å². The molecule has 7 nitrogen and oxygen atoms in total. The number of aromatic hydroxyl groups is 1. The van der Waals surface area contributed by atoms with Crippen molar-refractivity contribution in [1.82, 2.24) is 4.98 Å². The average molecular weight is 405 g/mol. The molecule has 0 amide bonds. The second kappa shape index (κ2) is 6.83. The SMILES string of the molecule is O=[N+]([O-])c1cc(Br)c(O)c(/C=N\Nc2ccc(C(F)(F)F)cn2)c1. The van der Waals surface area contributed by atoms with Crippen molar-refractivity contribution in [3.8, 4) is 5.75 Å². The molecule has 1 aromatic heterocycles. The van der Waals surface area contributed by atoms with Gasteiger partial charge in [-0.25, -0.2) is 4.98 Å². The number of anilines is 1. The number of rotatable bonds is 4. The quantitative estimate of drug-likeness (QED) is 0.456. The zero-order valence-corrected chi connectivity index (χ0v) is 13.2. The molecule has 2 N–H and O–H groups in total. The van der Waals surface area contributed by atoms with Crippen LogP contribution in [0.4, 0.5) is 24.7 Å². The third-order valence-corrected chi connectivity index (χ3v) is 3.37. The van der Waals surface area contributed by atoms with Gasteiger partial charge in [-0.1, -0.05) is 0 Å². The van der Waals surface area contributed by atoms with Crippen molar-refractivity contribution in [2.24, 2.45) is 5.10 Å². The van der Waals surface area contributed by atoms with Gasteiger partial charge in [-0.05, 0) is 28.1 Å². The number of hydrogen-bond acceptors (Lipinski definition) is 6. The molecule has 0 saturated heterocycles. The van der Waals surface area contributed by atoms with Crippen molar-refractivity contribution >= 4 is 33.6 Å². The molecular weight excluding hydrogens is 397 g/mol. The van der Waals surface area contributed by atoms with Crippen LogP contribution < -0.4 is 5.43 Å². The van der Waals surface area contributed by atoms with E-state index in [1.54, 1.807) is 0 Å². The van der Waals surface area contributed by atoms with Crippen LogP contribution in [0.1, 0.15) is 11.1 Å². The summed E-state index contributed by atoms with van der Waals surface area (Å²) in [4.78, 5) is 13.7. The predicted molar refractivity (Wildman–Crippen MR) is 82.9 cm³/mol. The molecule has 0 unspecified atom stereocenters. The molecule has 0 aliphatic rings. The minimum absolute atomic E-state index is 0.0308. The molecule has 24 heavy (non-hydrogen) atoms. The lowest BCUT2D eigenvalue weighted by Gasteiger charge is -2.06. The Bertz CT molecular complexity index is 794. The number of non-ortho nitro benzene ring substituents is 1. The smallest absolute Gasteiger partial charge is 0.417 e. The van der Waals surface area contributed by atoms with Crippen molar-refractivity contribution in [2.75, 3.05) is 5.43 Å². The third-order valence-electron chi connectivity index (χ3n) is 2.76. The first-order valence-electron chi connectivity index (χ1n) is 6.17. The number of halogens is 4. The number of nitrogens with zero attached hydrogens (tertiary/aromatic N) is 3. The van der Waals surface area contributed by atoms with Crippen LogP contribution in [-0.2, 0) is 6.18 Å². The van der Waals surface area contributed by atoms with Gasteiger partial charge in [0.05, 0.1) is 21.2 Å². The van der Waals surface area contributed by atoms with E-state index < -0.39 is 16.7 Å². The molecule has 0 saturated carbocycles. The summed E-state index contributed by atoms with van der Waals surface area (Å²) < 4.78 is 37.3. The lowest BCUT2D eigenvalue weighted by molar-refractivity contribution is -0.385. The van der Waals surface area contributed by atoms with Crippen LogP contribution in [0.3, 0.4) is 0 Å². The molecule has 0 atom stereocenters. The number of hydrazone groups is 1. The lowest BCUT2D eigenvalue weighted by atomic mass is 10.2. The predicted octanol–water partition coefficient (Wildman–Crippen LogP) is 3.92.